The molecule has 0 bridgehead atoms. The van der Waals surface area contributed by atoms with E-state index in [1.54, 1.807) is 11.1 Å². The summed E-state index contributed by atoms with van der Waals surface area (Å²) in [7, 11) is 0. The summed E-state index contributed by atoms with van der Waals surface area (Å²) in [6.45, 7) is 4.18. The lowest BCUT2D eigenvalue weighted by Crippen LogP contribution is -1.95. The third kappa shape index (κ3) is 2.37. The van der Waals surface area contributed by atoms with E-state index in [2.05, 4.69) is 38.2 Å². The molecule has 0 unspecified atom stereocenters. The van der Waals surface area contributed by atoms with Gasteiger partial charge in [0.1, 0.15) is 0 Å². The van der Waals surface area contributed by atoms with Crippen molar-refractivity contribution in [3.8, 4) is 0 Å². The normalized spacial score (nSPS) is 19.8. The molecular formula is C12H18. The van der Waals surface area contributed by atoms with Gasteiger partial charge >= 0.3 is 0 Å². The third-order valence-electron chi connectivity index (χ3n) is 2.29. The van der Waals surface area contributed by atoms with Gasteiger partial charge < -0.3 is 0 Å². The summed E-state index contributed by atoms with van der Waals surface area (Å²) in [5.41, 5.74) is 3.09. The Morgan fingerprint density at radius 3 is 1.58 bits per heavy atom. The smallest absolute Gasteiger partial charge is 0.0276 e. The highest BCUT2D eigenvalue weighted by Crippen LogP contribution is 2.26. The van der Waals surface area contributed by atoms with Crippen LogP contribution in [-0.2, 0) is 0 Å². The molecule has 1 aliphatic carbocycles. The van der Waals surface area contributed by atoms with Crippen molar-refractivity contribution in [2.24, 2.45) is 0 Å². The molecular weight excluding hydrogens is 144 g/mol. The van der Waals surface area contributed by atoms with Crippen LogP contribution in [0.2, 0.25) is 0 Å². The molecule has 66 valence electrons. The molecule has 0 radical (unpaired) electrons. The molecule has 0 atom stereocenters. The Kier molecular flexibility index (Phi) is 3.86. The first-order valence-electron chi connectivity index (χ1n) is 4.86. The van der Waals surface area contributed by atoms with Crippen molar-refractivity contribution >= 4 is 0 Å². The Labute approximate surface area is 75.7 Å². The molecule has 0 aromatic heterocycles. The molecule has 1 rings (SSSR count). The second kappa shape index (κ2) is 4.97. The number of hydrogen-bond acceptors (Lipinski definition) is 0. The number of hydrogen-bond donors (Lipinski definition) is 0. The van der Waals surface area contributed by atoms with E-state index >= 15 is 0 Å². The van der Waals surface area contributed by atoms with Gasteiger partial charge in [0, 0.05) is 0 Å². The molecule has 0 amide bonds. The maximum absolute atomic E-state index is 2.26. The average Bonchev–Trinajstić information content (AvgIpc) is 2.09. The van der Waals surface area contributed by atoms with Crippen LogP contribution in [0.4, 0.5) is 0 Å². The van der Waals surface area contributed by atoms with E-state index in [1.165, 1.54) is 25.7 Å². The molecule has 12 heavy (non-hydrogen) atoms. The van der Waals surface area contributed by atoms with Crippen LogP contribution in [0, 0.1) is 0 Å². The van der Waals surface area contributed by atoms with Crippen molar-refractivity contribution in [3.05, 3.63) is 35.5 Å². The largest absolute Gasteiger partial charge is 0.0874 e. The van der Waals surface area contributed by atoms with Crippen LogP contribution in [-0.4, -0.2) is 0 Å². The Morgan fingerprint density at radius 2 is 1.25 bits per heavy atom. The van der Waals surface area contributed by atoms with Crippen LogP contribution in [0.1, 0.15) is 39.5 Å². The van der Waals surface area contributed by atoms with Gasteiger partial charge in [0.2, 0.25) is 0 Å². The summed E-state index contributed by atoms with van der Waals surface area (Å²) in [4.78, 5) is 0. The van der Waals surface area contributed by atoms with Gasteiger partial charge in [-0.25, -0.2) is 0 Å². The summed E-state index contributed by atoms with van der Waals surface area (Å²) < 4.78 is 0. The lowest BCUT2D eigenvalue weighted by Gasteiger charge is -2.15. The summed E-state index contributed by atoms with van der Waals surface area (Å²) in [6.07, 6.45) is 14.1. The highest BCUT2D eigenvalue weighted by Gasteiger charge is 2.06. The van der Waals surface area contributed by atoms with Gasteiger partial charge in [-0.2, -0.15) is 0 Å². The monoisotopic (exact) mass is 162 g/mol. The fraction of sp³-hybridized carbons (Fsp3) is 0.500. The van der Waals surface area contributed by atoms with Gasteiger partial charge in [0.15, 0.2) is 0 Å². The minimum Gasteiger partial charge on any atom is -0.0874 e. The van der Waals surface area contributed by atoms with E-state index in [9.17, 15) is 0 Å². The zero-order valence-corrected chi connectivity index (χ0v) is 8.14. The molecule has 0 aliphatic heterocycles. The fourth-order valence-corrected chi connectivity index (χ4v) is 1.74. The number of allylic oxidation sites excluding steroid dienone is 6. The van der Waals surface area contributed by atoms with Gasteiger partial charge in [-0.1, -0.05) is 24.3 Å². The van der Waals surface area contributed by atoms with Crippen LogP contribution >= 0.6 is 0 Å². The van der Waals surface area contributed by atoms with Crippen molar-refractivity contribution in [2.75, 3.05) is 0 Å². The highest BCUT2D eigenvalue weighted by atomic mass is 14.1. The van der Waals surface area contributed by atoms with Crippen molar-refractivity contribution in [1.29, 1.82) is 0 Å². The molecule has 0 saturated heterocycles. The molecule has 0 heteroatoms. The Balaban J connectivity index is 2.82. The molecule has 0 aromatic rings. The molecule has 0 aromatic carbocycles. The zero-order valence-electron chi connectivity index (χ0n) is 8.14. The molecule has 0 spiro atoms. The van der Waals surface area contributed by atoms with Gasteiger partial charge in [-0.15, -0.1) is 0 Å². The minimum absolute atomic E-state index is 1.27. The van der Waals surface area contributed by atoms with E-state index in [0.29, 0.717) is 0 Å². The quantitative estimate of drug-likeness (QED) is 0.575. The topological polar surface area (TPSA) is 0 Å². The Morgan fingerprint density at radius 1 is 0.833 bits per heavy atom. The summed E-state index contributed by atoms with van der Waals surface area (Å²) in [6, 6.07) is 0. The minimum atomic E-state index is 1.27. The second-order valence-corrected chi connectivity index (χ2v) is 3.26. The van der Waals surface area contributed by atoms with E-state index in [1.807, 2.05) is 0 Å². The fourth-order valence-electron chi connectivity index (χ4n) is 1.74. The molecule has 0 saturated carbocycles. The standard InChI is InChI=1S/C12H18/c1-3-7-11-9-5-6-10-12(11)8-4-2/h3-4,7-8H,5-6,9-10H2,1-2H3/b7-3-,8-4-. The summed E-state index contributed by atoms with van der Waals surface area (Å²) in [5, 5.41) is 0. The molecule has 0 nitrogen and oxygen atoms in total. The van der Waals surface area contributed by atoms with Crippen molar-refractivity contribution < 1.29 is 0 Å². The van der Waals surface area contributed by atoms with Crippen LogP contribution in [0.3, 0.4) is 0 Å². The lowest BCUT2D eigenvalue weighted by atomic mass is 9.91. The predicted octanol–water partition coefficient (Wildman–Crippen LogP) is 4.01. The van der Waals surface area contributed by atoms with Gasteiger partial charge in [-0.3, -0.25) is 0 Å². The highest BCUT2D eigenvalue weighted by molar-refractivity contribution is 5.34. The van der Waals surface area contributed by atoms with Gasteiger partial charge in [-0.05, 0) is 50.7 Å². The average molecular weight is 162 g/mol. The first kappa shape index (κ1) is 9.31. The first-order chi connectivity index (χ1) is 5.88. The molecule has 0 heterocycles. The van der Waals surface area contributed by atoms with E-state index in [-0.39, 0.29) is 0 Å². The van der Waals surface area contributed by atoms with Crippen LogP contribution in [0.15, 0.2) is 35.5 Å². The Bertz CT molecular complexity index is 192. The van der Waals surface area contributed by atoms with E-state index < -0.39 is 0 Å². The number of rotatable bonds is 2. The zero-order chi connectivity index (χ0) is 8.81. The van der Waals surface area contributed by atoms with E-state index in [0.717, 1.165) is 0 Å². The lowest BCUT2D eigenvalue weighted by molar-refractivity contribution is 0.693. The Hall–Kier alpha value is -0.780. The van der Waals surface area contributed by atoms with E-state index in [4.69, 9.17) is 0 Å². The SMILES string of the molecule is C/C=C\C1=C(/C=C\C)CCCC1. The summed E-state index contributed by atoms with van der Waals surface area (Å²) >= 11 is 0. The van der Waals surface area contributed by atoms with Crippen LogP contribution in [0.25, 0.3) is 0 Å². The van der Waals surface area contributed by atoms with Crippen molar-refractivity contribution in [1.82, 2.24) is 0 Å². The van der Waals surface area contributed by atoms with Gasteiger partial charge in [0.05, 0.1) is 0 Å². The third-order valence-corrected chi connectivity index (χ3v) is 2.29. The van der Waals surface area contributed by atoms with Gasteiger partial charge in [0.25, 0.3) is 0 Å². The maximum Gasteiger partial charge on any atom is -0.0276 e. The summed E-state index contributed by atoms with van der Waals surface area (Å²) in [5.74, 6) is 0. The second-order valence-electron chi connectivity index (χ2n) is 3.26. The van der Waals surface area contributed by atoms with Crippen LogP contribution < -0.4 is 0 Å². The molecule has 0 N–H and O–H groups in total. The predicted molar refractivity (Wildman–Crippen MR) is 55.1 cm³/mol. The molecule has 1 aliphatic rings. The van der Waals surface area contributed by atoms with Crippen molar-refractivity contribution in [3.63, 3.8) is 0 Å². The van der Waals surface area contributed by atoms with Crippen LogP contribution in [0.5, 0.6) is 0 Å². The maximum atomic E-state index is 2.26. The molecule has 0 fully saturated rings. The van der Waals surface area contributed by atoms with Crippen molar-refractivity contribution in [2.45, 2.75) is 39.5 Å². The first-order valence-corrected chi connectivity index (χ1v) is 4.86.